The van der Waals surface area contributed by atoms with Crippen LogP contribution in [0.4, 0.5) is 0 Å². The highest BCUT2D eigenvalue weighted by molar-refractivity contribution is 7.47. The first kappa shape index (κ1) is 82.1. The van der Waals surface area contributed by atoms with Gasteiger partial charge in [-0.2, -0.15) is 0 Å². The molecular formula is C65H126O17P2. The van der Waals surface area contributed by atoms with E-state index in [0.717, 1.165) is 109 Å². The number of phosphoric acid groups is 2. The highest BCUT2D eigenvalue weighted by Gasteiger charge is 2.30. The smallest absolute Gasteiger partial charge is 0.462 e. The van der Waals surface area contributed by atoms with E-state index in [4.69, 9.17) is 37.0 Å². The van der Waals surface area contributed by atoms with Gasteiger partial charge in [-0.3, -0.25) is 37.3 Å². The highest BCUT2D eigenvalue weighted by Crippen LogP contribution is 2.45. The zero-order chi connectivity index (χ0) is 62.0. The number of ether oxygens (including phenoxy) is 4. The molecule has 498 valence electrons. The first-order valence-corrected chi connectivity index (χ1v) is 37.2. The summed E-state index contributed by atoms with van der Waals surface area (Å²) in [6, 6.07) is 0. The number of aliphatic hydroxyl groups excluding tert-OH is 1. The third kappa shape index (κ3) is 57.8. The van der Waals surface area contributed by atoms with Gasteiger partial charge in [0.2, 0.25) is 0 Å². The number of carbonyl (C=O) groups excluding carboxylic acids is 4. The van der Waals surface area contributed by atoms with Crippen LogP contribution in [0.1, 0.15) is 330 Å². The predicted octanol–water partition coefficient (Wildman–Crippen LogP) is 18.2. The van der Waals surface area contributed by atoms with E-state index in [2.05, 4.69) is 34.6 Å². The van der Waals surface area contributed by atoms with Gasteiger partial charge in [-0.25, -0.2) is 9.13 Å². The summed E-state index contributed by atoms with van der Waals surface area (Å²) in [5.41, 5.74) is 0. The van der Waals surface area contributed by atoms with Gasteiger partial charge in [-0.05, 0) is 31.6 Å². The molecule has 84 heavy (non-hydrogen) atoms. The molecule has 3 unspecified atom stereocenters. The van der Waals surface area contributed by atoms with Crippen molar-refractivity contribution >= 4 is 39.5 Å². The molecule has 19 heteroatoms. The lowest BCUT2D eigenvalue weighted by Crippen LogP contribution is -2.30. The van der Waals surface area contributed by atoms with Crippen molar-refractivity contribution in [3.8, 4) is 0 Å². The molecule has 0 aromatic rings. The van der Waals surface area contributed by atoms with Crippen LogP contribution in [0.3, 0.4) is 0 Å². The second kappa shape index (κ2) is 58.7. The van der Waals surface area contributed by atoms with Gasteiger partial charge in [-0.15, -0.1) is 0 Å². The predicted molar refractivity (Wildman–Crippen MR) is 335 cm³/mol. The van der Waals surface area contributed by atoms with E-state index >= 15 is 0 Å². The Morgan fingerprint density at radius 3 is 0.845 bits per heavy atom. The van der Waals surface area contributed by atoms with Crippen LogP contribution in [0.5, 0.6) is 0 Å². The fraction of sp³-hybridized carbons (Fsp3) is 0.938. The number of unbranched alkanes of at least 4 members (excludes halogenated alkanes) is 36. The Labute approximate surface area is 511 Å². The zero-order valence-electron chi connectivity index (χ0n) is 54.0. The average molecular weight is 1240 g/mol. The van der Waals surface area contributed by atoms with Gasteiger partial charge in [0.05, 0.1) is 26.4 Å². The number of hydrogen-bond donors (Lipinski definition) is 3. The van der Waals surface area contributed by atoms with Crippen LogP contribution in [-0.2, 0) is 65.4 Å². The minimum Gasteiger partial charge on any atom is -0.462 e. The van der Waals surface area contributed by atoms with Crippen molar-refractivity contribution in [1.29, 1.82) is 0 Å². The number of esters is 4. The van der Waals surface area contributed by atoms with Gasteiger partial charge in [0.15, 0.2) is 12.2 Å². The minimum atomic E-state index is -4.94. The van der Waals surface area contributed by atoms with E-state index in [1.165, 1.54) is 141 Å². The summed E-state index contributed by atoms with van der Waals surface area (Å²) in [4.78, 5) is 71.8. The van der Waals surface area contributed by atoms with Crippen molar-refractivity contribution in [2.45, 2.75) is 348 Å². The third-order valence-electron chi connectivity index (χ3n) is 15.4. The molecule has 0 saturated heterocycles. The van der Waals surface area contributed by atoms with E-state index in [1.54, 1.807) is 0 Å². The van der Waals surface area contributed by atoms with Crippen LogP contribution in [0.25, 0.3) is 0 Å². The molecule has 0 saturated carbocycles. The average Bonchev–Trinajstić information content (AvgIpc) is 3.60. The van der Waals surface area contributed by atoms with Crippen molar-refractivity contribution in [2.24, 2.45) is 5.92 Å². The Bertz CT molecular complexity index is 1640. The van der Waals surface area contributed by atoms with Gasteiger partial charge in [0.25, 0.3) is 0 Å². The molecular weight excluding hydrogens is 1110 g/mol. The molecule has 0 aliphatic heterocycles. The molecule has 0 aliphatic rings. The van der Waals surface area contributed by atoms with Crippen molar-refractivity contribution < 1.29 is 80.2 Å². The standard InChI is InChI=1S/C65H126O17P2/c1-6-10-13-16-18-30-35-39-44-49-63(68)76-55-61(82-65(70)51-46-41-36-32-29-27-25-23-21-20-22-24-26-28-31-33-38-42-47-58(5)9-4)57-80-84(73,74)78-53-59(66)52-77-83(71,72)79-56-60(54-75-62(67)48-43-37-15-12-8-3)81-64(69)50-45-40-34-19-17-14-11-7-2/h58-61,66H,6-57H2,1-5H3,(H,71,72)(H,73,74)/t58?,59-,60+,61+/m0/s1. The lowest BCUT2D eigenvalue weighted by molar-refractivity contribution is -0.161. The van der Waals surface area contributed by atoms with Crippen molar-refractivity contribution in [3.63, 3.8) is 0 Å². The Kier molecular flexibility index (Phi) is 57.4. The van der Waals surface area contributed by atoms with Crippen LogP contribution in [0, 0.1) is 5.92 Å². The summed E-state index contributed by atoms with van der Waals surface area (Å²) in [6.07, 6.45) is 43.6. The number of carbonyl (C=O) groups is 4. The maximum Gasteiger partial charge on any atom is 0.472 e. The SMILES string of the molecule is CCCCCCCCCCCC(=O)OC[C@H](COP(=O)(O)OC[C@@H](O)COP(=O)(O)OC[C@@H](COC(=O)CCCCCCC)OC(=O)CCCCCCCCCC)OC(=O)CCCCCCCCCCCCCCCCCCCCC(C)CC. The lowest BCUT2D eigenvalue weighted by Gasteiger charge is -2.21. The van der Waals surface area contributed by atoms with Gasteiger partial charge in [-0.1, -0.05) is 279 Å². The summed E-state index contributed by atoms with van der Waals surface area (Å²) in [6.45, 7) is 7.13. The number of rotatable bonds is 65. The van der Waals surface area contributed by atoms with Gasteiger partial charge >= 0.3 is 39.5 Å². The largest absolute Gasteiger partial charge is 0.472 e. The maximum absolute atomic E-state index is 13.0. The molecule has 17 nitrogen and oxygen atoms in total. The topological polar surface area (TPSA) is 237 Å². The molecule has 0 amide bonds. The fourth-order valence-corrected chi connectivity index (χ4v) is 11.3. The van der Waals surface area contributed by atoms with Gasteiger partial charge in [0.1, 0.15) is 19.3 Å². The third-order valence-corrected chi connectivity index (χ3v) is 17.3. The van der Waals surface area contributed by atoms with E-state index in [-0.39, 0.29) is 25.7 Å². The molecule has 0 aromatic heterocycles. The maximum atomic E-state index is 13.0. The lowest BCUT2D eigenvalue weighted by atomic mass is 9.99. The Balaban J connectivity index is 5.02. The van der Waals surface area contributed by atoms with Crippen LogP contribution in [-0.4, -0.2) is 96.7 Å². The van der Waals surface area contributed by atoms with Crippen molar-refractivity contribution in [3.05, 3.63) is 0 Å². The van der Waals surface area contributed by atoms with E-state index < -0.39 is 97.5 Å². The monoisotopic (exact) mass is 1240 g/mol. The molecule has 0 aliphatic carbocycles. The molecule has 0 fully saturated rings. The number of aliphatic hydroxyl groups is 1. The number of phosphoric ester groups is 2. The quantitative estimate of drug-likeness (QED) is 0.0222. The Morgan fingerprint density at radius 1 is 0.333 bits per heavy atom. The first-order valence-electron chi connectivity index (χ1n) is 34.2. The van der Waals surface area contributed by atoms with Gasteiger partial charge < -0.3 is 33.8 Å². The van der Waals surface area contributed by atoms with Crippen LogP contribution >= 0.6 is 15.6 Å². The minimum absolute atomic E-state index is 0.104. The highest BCUT2D eigenvalue weighted by atomic mass is 31.2. The van der Waals surface area contributed by atoms with E-state index in [1.807, 2.05) is 0 Å². The van der Waals surface area contributed by atoms with Crippen LogP contribution < -0.4 is 0 Å². The van der Waals surface area contributed by atoms with Crippen LogP contribution in [0.2, 0.25) is 0 Å². The van der Waals surface area contributed by atoms with E-state index in [9.17, 15) is 43.2 Å². The van der Waals surface area contributed by atoms with Crippen molar-refractivity contribution in [1.82, 2.24) is 0 Å². The molecule has 6 atom stereocenters. The fourth-order valence-electron chi connectivity index (χ4n) is 9.73. The van der Waals surface area contributed by atoms with E-state index in [0.29, 0.717) is 25.7 Å². The first-order chi connectivity index (χ1) is 40.6. The molecule has 0 bridgehead atoms. The van der Waals surface area contributed by atoms with Crippen molar-refractivity contribution in [2.75, 3.05) is 39.6 Å². The Morgan fingerprint density at radius 2 is 0.571 bits per heavy atom. The molecule has 0 rings (SSSR count). The van der Waals surface area contributed by atoms with Crippen LogP contribution in [0.15, 0.2) is 0 Å². The Hall–Kier alpha value is -1.94. The molecule has 0 spiro atoms. The summed E-state index contributed by atoms with van der Waals surface area (Å²) in [5.74, 6) is -1.28. The second-order valence-electron chi connectivity index (χ2n) is 23.7. The van der Waals surface area contributed by atoms with Gasteiger partial charge in [0, 0.05) is 25.7 Å². The zero-order valence-corrected chi connectivity index (χ0v) is 55.8. The summed E-state index contributed by atoms with van der Waals surface area (Å²) in [7, 11) is -9.87. The summed E-state index contributed by atoms with van der Waals surface area (Å²) in [5, 5.41) is 10.5. The summed E-state index contributed by atoms with van der Waals surface area (Å²) < 4.78 is 67.7. The normalized spacial score (nSPS) is 14.5. The molecule has 3 N–H and O–H groups in total. The molecule has 0 heterocycles. The second-order valence-corrected chi connectivity index (χ2v) is 26.7. The molecule has 0 radical (unpaired) electrons. The number of hydrogen-bond acceptors (Lipinski definition) is 15. The summed E-state index contributed by atoms with van der Waals surface area (Å²) >= 11 is 0. The molecule has 0 aromatic carbocycles.